The number of halogens is 2. The lowest BCUT2D eigenvalue weighted by Gasteiger charge is -2.08. The van der Waals surface area contributed by atoms with Gasteiger partial charge in [-0.1, -0.05) is 12.1 Å². The number of carbonyl (C=O) groups is 1. The minimum absolute atomic E-state index is 0.0471. The number of hydrogen-bond donors (Lipinski definition) is 1. The van der Waals surface area contributed by atoms with Gasteiger partial charge in [0.25, 0.3) is 5.91 Å². The van der Waals surface area contributed by atoms with Crippen LogP contribution in [0.1, 0.15) is 16.1 Å². The van der Waals surface area contributed by atoms with Gasteiger partial charge in [-0.25, -0.2) is 13.9 Å². The van der Waals surface area contributed by atoms with Gasteiger partial charge in [-0.3, -0.25) is 4.79 Å². The molecule has 0 saturated heterocycles. The van der Waals surface area contributed by atoms with Gasteiger partial charge in [0.15, 0.2) is 17.1 Å². The highest BCUT2D eigenvalue weighted by Gasteiger charge is 2.21. The molecule has 2 aromatic heterocycles. The van der Waals surface area contributed by atoms with E-state index in [0.717, 1.165) is 0 Å². The number of fused-ring (bicyclic) bond motifs is 2. The molecule has 0 radical (unpaired) electrons. The smallest absolute Gasteiger partial charge is 0.254 e. The van der Waals surface area contributed by atoms with Gasteiger partial charge < -0.3 is 14.8 Å². The second-order valence-electron chi connectivity index (χ2n) is 6.56. The fraction of sp³-hybridized carbons (Fsp3) is 0.0952. The summed E-state index contributed by atoms with van der Waals surface area (Å²) in [5.41, 5.74) is 1.92. The van der Waals surface area contributed by atoms with Crippen molar-refractivity contribution in [2.24, 2.45) is 0 Å². The maximum atomic E-state index is 13.9. The number of aromatic nitrogens is 3. The summed E-state index contributed by atoms with van der Waals surface area (Å²) in [5, 5.41) is 6.53. The van der Waals surface area contributed by atoms with Crippen molar-refractivity contribution in [2.75, 3.05) is 6.79 Å². The molecule has 3 heterocycles. The van der Waals surface area contributed by atoms with Crippen molar-refractivity contribution in [1.29, 1.82) is 0 Å². The van der Waals surface area contributed by atoms with E-state index >= 15 is 0 Å². The van der Waals surface area contributed by atoms with Crippen molar-refractivity contribution in [1.82, 2.24) is 19.9 Å². The highest BCUT2D eigenvalue weighted by atomic mass is 19.1. The number of benzene rings is 2. The zero-order valence-electron chi connectivity index (χ0n) is 15.4. The molecule has 0 saturated carbocycles. The molecule has 150 valence electrons. The summed E-state index contributed by atoms with van der Waals surface area (Å²) in [6.07, 6.45) is 0. The molecule has 7 nitrogen and oxygen atoms in total. The minimum atomic E-state index is -0.696. The topological polar surface area (TPSA) is 77.8 Å². The van der Waals surface area contributed by atoms with Crippen LogP contribution in [0.15, 0.2) is 54.6 Å². The molecule has 0 aliphatic carbocycles. The summed E-state index contributed by atoms with van der Waals surface area (Å²) >= 11 is 0. The van der Waals surface area contributed by atoms with Crippen molar-refractivity contribution >= 4 is 11.6 Å². The maximum absolute atomic E-state index is 13.9. The first-order valence-corrected chi connectivity index (χ1v) is 9.07. The highest BCUT2D eigenvalue weighted by molar-refractivity contribution is 5.94. The maximum Gasteiger partial charge on any atom is 0.254 e. The Kier molecular flexibility index (Phi) is 4.27. The first-order valence-electron chi connectivity index (χ1n) is 9.07. The van der Waals surface area contributed by atoms with Crippen LogP contribution in [-0.4, -0.2) is 27.3 Å². The summed E-state index contributed by atoms with van der Waals surface area (Å²) in [7, 11) is 0. The number of nitrogens with one attached hydrogen (secondary N) is 1. The fourth-order valence-corrected chi connectivity index (χ4v) is 3.29. The largest absolute Gasteiger partial charge is 0.454 e. The minimum Gasteiger partial charge on any atom is -0.454 e. The first kappa shape index (κ1) is 18.0. The van der Waals surface area contributed by atoms with E-state index in [-0.39, 0.29) is 18.9 Å². The Balaban J connectivity index is 1.54. The molecular formula is C21H14F2N4O3. The lowest BCUT2D eigenvalue weighted by molar-refractivity contribution is 0.0946. The monoisotopic (exact) mass is 408 g/mol. The second-order valence-corrected chi connectivity index (χ2v) is 6.56. The zero-order valence-corrected chi connectivity index (χ0v) is 15.4. The van der Waals surface area contributed by atoms with E-state index in [1.165, 1.54) is 34.8 Å². The van der Waals surface area contributed by atoms with Crippen molar-refractivity contribution < 1.29 is 23.0 Å². The molecule has 0 unspecified atom stereocenters. The Morgan fingerprint density at radius 2 is 1.90 bits per heavy atom. The van der Waals surface area contributed by atoms with Gasteiger partial charge in [0.2, 0.25) is 12.7 Å². The highest BCUT2D eigenvalue weighted by Crippen LogP contribution is 2.36. The molecule has 30 heavy (non-hydrogen) atoms. The average Bonchev–Trinajstić information content (AvgIpc) is 3.36. The van der Waals surface area contributed by atoms with Crippen LogP contribution >= 0.6 is 0 Å². The molecule has 2 aromatic carbocycles. The van der Waals surface area contributed by atoms with Crippen molar-refractivity contribution in [2.45, 2.75) is 6.54 Å². The predicted molar refractivity (Wildman–Crippen MR) is 102 cm³/mol. The van der Waals surface area contributed by atoms with Crippen molar-refractivity contribution in [3.8, 4) is 22.8 Å². The van der Waals surface area contributed by atoms with Gasteiger partial charge in [0.1, 0.15) is 5.82 Å². The summed E-state index contributed by atoms with van der Waals surface area (Å²) < 4.78 is 39.8. The lowest BCUT2D eigenvalue weighted by atomic mass is 10.1. The molecule has 0 spiro atoms. The van der Waals surface area contributed by atoms with Crippen LogP contribution in [0.2, 0.25) is 0 Å². The van der Waals surface area contributed by atoms with E-state index in [2.05, 4.69) is 15.4 Å². The molecule has 0 bridgehead atoms. The molecule has 5 rings (SSSR count). The van der Waals surface area contributed by atoms with E-state index in [9.17, 15) is 13.6 Å². The number of ether oxygens (including phenoxy) is 2. The van der Waals surface area contributed by atoms with Gasteiger partial charge >= 0.3 is 0 Å². The second kappa shape index (κ2) is 7.11. The summed E-state index contributed by atoms with van der Waals surface area (Å²) in [6.45, 7) is 0.0802. The van der Waals surface area contributed by atoms with Crippen LogP contribution in [0.5, 0.6) is 11.5 Å². The van der Waals surface area contributed by atoms with Gasteiger partial charge in [0, 0.05) is 5.56 Å². The molecule has 1 N–H and O–H groups in total. The zero-order chi connectivity index (χ0) is 20.7. The van der Waals surface area contributed by atoms with Gasteiger partial charge in [-0.05, 0) is 42.5 Å². The average molecular weight is 408 g/mol. The Bertz CT molecular complexity index is 1290. The molecule has 9 heteroatoms. The molecular weight excluding hydrogens is 394 g/mol. The third kappa shape index (κ3) is 3.10. The number of imidazole rings is 1. The Morgan fingerprint density at radius 1 is 1.07 bits per heavy atom. The third-order valence-electron chi connectivity index (χ3n) is 4.72. The van der Waals surface area contributed by atoms with Crippen LogP contribution in [0, 0.1) is 11.8 Å². The Morgan fingerprint density at radius 3 is 2.77 bits per heavy atom. The summed E-state index contributed by atoms with van der Waals surface area (Å²) in [4.78, 5) is 17.0. The third-order valence-corrected chi connectivity index (χ3v) is 4.72. The summed E-state index contributed by atoms with van der Waals surface area (Å²) in [6, 6.07) is 13.6. The summed E-state index contributed by atoms with van der Waals surface area (Å²) in [5.74, 6) is -0.755. The van der Waals surface area contributed by atoms with Crippen LogP contribution in [0.4, 0.5) is 8.78 Å². The Hall–Kier alpha value is -4.01. The van der Waals surface area contributed by atoms with Crippen LogP contribution in [-0.2, 0) is 6.54 Å². The number of rotatable bonds is 4. The SMILES string of the molecule is O=C(NCc1c(-c2ccc3c(c2)OCO3)nc2ccc(F)nn12)c1ccccc1F. The van der Waals surface area contributed by atoms with Crippen LogP contribution < -0.4 is 14.8 Å². The normalized spacial score (nSPS) is 12.3. The fourth-order valence-electron chi connectivity index (χ4n) is 3.29. The quantitative estimate of drug-likeness (QED) is 0.561. The van der Waals surface area contributed by atoms with Gasteiger partial charge in [-0.2, -0.15) is 4.39 Å². The lowest BCUT2D eigenvalue weighted by Crippen LogP contribution is -2.25. The molecule has 4 aromatic rings. The number of hydrogen-bond acceptors (Lipinski definition) is 5. The van der Waals surface area contributed by atoms with Crippen molar-refractivity contribution in [3.05, 3.63) is 77.6 Å². The van der Waals surface area contributed by atoms with Gasteiger partial charge in [0.05, 0.1) is 23.5 Å². The molecule has 1 amide bonds. The molecule has 1 aliphatic heterocycles. The van der Waals surface area contributed by atoms with E-state index in [0.29, 0.717) is 34.1 Å². The number of amides is 1. The standard InChI is InChI=1S/C21H14F2N4O3/c22-14-4-2-1-3-13(14)21(28)24-10-15-20(25-19-8-7-18(23)26-27(15)19)12-5-6-16-17(9-12)30-11-29-16/h1-9H,10-11H2,(H,24,28). The van der Waals surface area contributed by atoms with Gasteiger partial charge in [-0.15, -0.1) is 5.10 Å². The predicted octanol–water partition coefficient (Wildman–Crippen LogP) is 3.33. The van der Waals surface area contributed by atoms with E-state index in [1.54, 1.807) is 24.3 Å². The van der Waals surface area contributed by atoms with E-state index in [4.69, 9.17) is 9.47 Å². The number of nitrogens with zero attached hydrogens (tertiary/aromatic N) is 3. The molecule has 0 fully saturated rings. The molecule has 0 atom stereocenters. The first-order chi connectivity index (χ1) is 14.6. The van der Waals surface area contributed by atoms with E-state index in [1.807, 2.05) is 0 Å². The Labute approximate surface area is 168 Å². The van der Waals surface area contributed by atoms with Crippen LogP contribution in [0.25, 0.3) is 16.9 Å². The van der Waals surface area contributed by atoms with E-state index < -0.39 is 17.7 Å². The molecule has 1 aliphatic rings. The van der Waals surface area contributed by atoms with Crippen molar-refractivity contribution in [3.63, 3.8) is 0 Å². The number of carbonyl (C=O) groups excluding carboxylic acids is 1. The van der Waals surface area contributed by atoms with Crippen LogP contribution in [0.3, 0.4) is 0 Å².